The van der Waals surface area contributed by atoms with E-state index in [0.29, 0.717) is 22.9 Å². The molecule has 0 radical (unpaired) electrons. The number of carbonyl (C=O) groups excluding carboxylic acids is 1. The fraction of sp³-hybridized carbons (Fsp3) is 0.188. The maximum absolute atomic E-state index is 12.0. The Bertz CT molecular complexity index is 646. The molecule has 2 aromatic rings. The number of anilines is 1. The first kappa shape index (κ1) is 16.2. The largest absolute Gasteiger partial charge is 0.325 e. The number of hydrogen-bond donors (Lipinski definition) is 1. The van der Waals surface area contributed by atoms with Crippen molar-refractivity contribution in [2.75, 3.05) is 11.6 Å². The number of aryl methyl sites for hydroxylation is 1. The minimum atomic E-state index is -0.0115. The van der Waals surface area contributed by atoms with Gasteiger partial charge >= 0.3 is 0 Å². The lowest BCUT2D eigenvalue weighted by molar-refractivity contribution is -0.116. The predicted molar refractivity (Wildman–Crippen MR) is 91.6 cm³/mol. The van der Waals surface area contributed by atoms with Crippen LogP contribution < -0.4 is 5.32 Å². The zero-order chi connectivity index (χ0) is 15.2. The van der Waals surface area contributed by atoms with Crippen LogP contribution in [0.1, 0.15) is 12.0 Å². The molecule has 0 saturated carbocycles. The number of halogens is 2. The Morgan fingerprint density at radius 3 is 2.62 bits per heavy atom. The molecular formula is C16H15Cl2NOS. The summed E-state index contributed by atoms with van der Waals surface area (Å²) in [7, 11) is 0. The van der Waals surface area contributed by atoms with Crippen molar-refractivity contribution in [2.45, 2.75) is 17.7 Å². The summed E-state index contributed by atoms with van der Waals surface area (Å²) in [6, 6.07) is 13.2. The summed E-state index contributed by atoms with van der Waals surface area (Å²) in [5, 5.41) is 3.98. The van der Waals surface area contributed by atoms with Crippen LogP contribution in [0.4, 0.5) is 5.69 Å². The van der Waals surface area contributed by atoms with Crippen molar-refractivity contribution >= 4 is 46.6 Å². The van der Waals surface area contributed by atoms with Gasteiger partial charge in [0.1, 0.15) is 0 Å². The molecule has 0 aromatic heterocycles. The Morgan fingerprint density at radius 2 is 1.90 bits per heavy atom. The van der Waals surface area contributed by atoms with Gasteiger partial charge in [0, 0.05) is 11.3 Å². The van der Waals surface area contributed by atoms with Crippen molar-refractivity contribution in [1.29, 1.82) is 0 Å². The summed E-state index contributed by atoms with van der Waals surface area (Å²) in [5.41, 5.74) is 1.85. The van der Waals surface area contributed by atoms with E-state index in [0.717, 1.165) is 16.1 Å². The number of benzene rings is 2. The molecule has 5 heteroatoms. The molecular weight excluding hydrogens is 325 g/mol. The van der Waals surface area contributed by atoms with Gasteiger partial charge in [0.05, 0.1) is 15.7 Å². The van der Waals surface area contributed by atoms with Crippen molar-refractivity contribution < 1.29 is 4.79 Å². The Balaban J connectivity index is 1.94. The summed E-state index contributed by atoms with van der Waals surface area (Å²) in [5.74, 6) is -0.0115. The average Bonchev–Trinajstić information content (AvgIpc) is 2.49. The van der Waals surface area contributed by atoms with Gasteiger partial charge in [-0.15, -0.1) is 11.8 Å². The first-order valence-corrected chi connectivity index (χ1v) is 8.45. The van der Waals surface area contributed by atoms with Crippen molar-refractivity contribution in [3.05, 3.63) is 58.1 Å². The zero-order valence-corrected chi connectivity index (χ0v) is 13.9. The Kier molecular flexibility index (Phi) is 5.97. The van der Waals surface area contributed by atoms with Crippen molar-refractivity contribution in [2.24, 2.45) is 0 Å². The van der Waals surface area contributed by atoms with E-state index in [9.17, 15) is 4.79 Å². The monoisotopic (exact) mass is 339 g/mol. The van der Waals surface area contributed by atoms with Crippen LogP contribution in [0.3, 0.4) is 0 Å². The smallest absolute Gasteiger partial charge is 0.224 e. The molecule has 0 aliphatic carbocycles. The van der Waals surface area contributed by atoms with Gasteiger partial charge in [0.15, 0.2) is 0 Å². The molecule has 1 amide bonds. The number of amides is 1. The molecule has 0 atom stereocenters. The van der Waals surface area contributed by atoms with E-state index in [4.69, 9.17) is 23.2 Å². The fourth-order valence-electron chi connectivity index (χ4n) is 1.91. The molecule has 1 N–H and O–H groups in total. The second-order valence-corrected chi connectivity index (χ2v) is 6.16. The maximum Gasteiger partial charge on any atom is 0.224 e. The average molecular weight is 340 g/mol. The normalized spacial score (nSPS) is 10.4. The van der Waals surface area contributed by atoms with Crippen LogP contribution in [0.2, 0.25) is 10.0 Å². The third kappa shape index (κ3) is 4.67. The standard InChI is InChI=1S/C16H15Cl2NOS/c1-21-15-5-3-2-4-14(15)19-16(20)9-7-11-6-8-12(17)13(18)10-11/h2-6,8,10H,7,9H2,1H3,(H,19,20). The summed E-state index contributed by atoms with van der Waals surface area (Å²) in [6.07, 6.45) is 3.02. The second kappa shape index (κ2) is 7.74. The highest BCUT2D eigenvalue weighted by molar-refractivity contribution is 7.98. The van der Waals surface area contributed by atoms with Gasteiger partial charge in [0.25, 0.3) is 0 Å². The molecule has 2 aromatic carbocycles. The quantitative estimate of drug-likeness (QED) is 0.750. The van der Waals surface area contributed by atoms with Gasteiger partial charge in [-0.05, 0) is 42.5 Å². The number of carbonyl (C=O) groups is 1. The van der Waals surface area contributed by atoms with Crippen LogP contribution in [-0.4, -0.2) is 12.2 Å². The van der Waals surface area contributed by atoms with E-state index in [1.807, 2.05) is 36.6 Å². The molecule has 0 unspecified atom stereocenters. The van der Waals surface area contributed by atoms with Gasteiger partial charge in [-0.25, -0.2) is 0 Å². The summed E-state index contributed by atoms with van der Waals surface area (Å²) >= 11 is 13.4. The lowest BCUT2D eigenvalue weighted by Crippen LogP contribution is -2.12. The number of hydrogen-bond acceptors (Lipinski definition) is 2. The van der Waals surface area contributed by atoms with E-state index in [1.54, 1.807) is 23.9 Å². The highest BCUT2D eigenvalue weighted by Crippen LogP contribution is 2.25. The van der Waals surface area contributed by atoms with Crippen molar-refractivity contribution in [3.63, 3.8) is 0 Å². The first-order chi connectivity index (χ1) is 10.1. The van der Waals surface area contributed by atoms with Crippen LogP contribution >= 0.6 is 35.0 Å². The van der Waals surface area contributed by atoms with Crippen molar-refractivity contribution in [3.8, 4) is 0 Å². The highest BCUT2D eigenvalue weighted by Gasteiger charge is 2.07. The molecule has 2 rings (SSSR count). The lowest BCUT2D eigenvalue weighted by atomic mass is 10.1. The zero-order valence-electron chi connectivity index (χ0n) is 11.5. The minimum absolute atomic E-state index is 0.0115. The van der Waals surface area contributed by atoms with E-state index in [1.165, 1.54) is 0 Å². The Labute approximate surface area is 138 Å². The third-order valence-corrected chi connectivity index (χ3v) is 4.54. The topological polar surface area (TPSA) is 29.1 Å². The molecule has 0 bridgehead atoms. The Hall–Kier alpha value is -1.16. The molecule has 21 heavy (non-hydrogen) atoms. The molecule has 0 fully saturated rings. The molecule has 110 valence electrons. The molecule has 0 saturated heterocycles. The number of para-hydroxylation sites is 1. The van der Waals surface area contributed by atoms with Crippen molar-refractivity contribution in [1.82, 2.24) is 0 Å². The second-order valence-electron chi connectivity index (χ2n) is 4.50. The van der Waals surface area contributed by atoms with E-state index in [-0.39, 0.29) is 5.91 Å². The van der Waals surface area contributed by atoms with E-state index >= 15 is 0 Å². The Morgan fingerprint density at radius 1 is 1.14 bits per heavy atom. The van der Waals surface area contributed by atoms with Gasteiger partial charge in [-0.2, -0.15) is 0 Å². The van der Waals surface area contributed by atoms with Gasteiger partial charge < -0.3 is 5.32 Å². The third-order valence-electron chi connectivity index (χ3n) is 3.01. The molecule has 0 aliphatic heterocycles. The SMILES string of the molecule is CSc1ccccc1NC(=O)CCc1ccc(Cl)c(Cl)c1. The minimum Gasteiger partial charge on any atom is -0.325 e. The van der Waals surface area contributed by atoms with Crippen LogP contribution in [0.25, 0.3) is 0 Å². The number of nitrogens with one attached hydrogen (secondary N) is 1. The highest BCUT2D eigenvalue weighted by atomic mass is 35.5. The van der Waals surface area contributed by atoms with Crippen LogP contribution in [0.15, 0.2) is 47.4 Å². The summed E-state index contributed by atoms with van der Waals surface area (Å²) in [6.45, 7) is 0. The molecule has 2 nitrogen and oxygen atoms in total. The first-order valence-electron chi connectivity index (χ1n) is 6.47. The molecule has 0 aliphatic rings. The fourth-order valence-corrected chi connectivity index (χ4v) is 2.79. The summed E-state index contributed by atoms with van der Waals surface area (Å²) in [4.78, 5) is 13.1. The number of rotatable bonds is 5. The molecule has 0 spiro atoms. The van der Waals surface area contributed by atoms with Crippen LogP contribution in [0.5, 0.6) is 0 Å². The van der Waals surface area contributed by atoms with E-state index < -0.39 is 0 Å². The van der Waals surface area contributed by atoms with Crippen LogP contribution in [0, 0.1) is 0 Å². The maximum atomic E-state index is 12.0. The van der Waals surface area contributed by atoms with Gasteiger partial charge in [-0.1, -0.05) is 41.4 Å². The number of thioether (sulfide) groups is 1. The van der Waals surface area contributed by atoms with Gasteiger partial charge in [0.2, 0.25) is 5.91 Å². The van der Waals surface area contributed by atoms with Crippen LogP contribution in [-0.2, 0) is 11.2 Å². The lowest BCUT2D eigenvalue weighted by Gasteiger charge is -2.09. The van der Waals surface area contributed by atoms with Gasteiger partial charge in [-0.3, -0.25) is 4.79 Å². The molecule has 0 heterocycles. The predicted octanol–water partition coefficient (Wildman–Crippen LogP) is 5.29. The summed E-state index contributed by atoms with van der Waals surface area (Å²) < 4.78 is 0. The van der Waals surface area contributed by atoms with E-state index in [2.05, 4.69) is 5.32 Å².